The minimum Gasteiger partial charge on any atom is -0.328 e. The maximum Gasteiger partial charge on any atom is 0.0629 e. The molecule has 0 spiro atoms. The summed E-state index contributed by atoms with van der Waals surface area (Å²) in [5.41, 5.74) is 26.5. The van der Waals surface area contributed by atoms with Crippen molar-refractivity contribution in [2.45, 2.75) is 151 Å². The summed E-state index contributed by atoms with van der Waals surface area (Å²) < 4.78 is 0. The summed E-state index contributed by atoms with van der Waals surface area (Å²) >= 11 is 0. The van der Waals surface area contributed by atoms with Gasteiger partial charge in [-0.3, -0.25) is 42.5 Å². The third-order valence-electron chi connectivity index (χ3n) is 14.3. The van der Waals surface area contributed by atoms with Crippen LogP contribution in [0.1, 0.15) is 77.0 Å². The molecule has 9 fully saturated rings. The summed E-state index contributed by atoms with van der Waals surface area (Å²) in [7, 11) is 0. The van der Waals surface area contributed by atoms with E-state index in [1.807, 2.05) is 0 Å². The van der Waals surface area contributed by atoms with E-state index in [0.717, 1.165) is 51.4 Å². The average molecular weight is 669 g/mol. The van der Waals surface area contributed by atoms with Gasteiger partial charge in [-0.05, 0) is 124 Å². The molecular weight excluding hydrogens is 608 g/mol. The van der Waals surface area contributed by atoms with Gasteiger partial charge in [0.05, 0.1) is 49.3 Å². The molecule has 0 aromatic carbocycles. The topological polar surface area (TPSA) is 200 Å². The van der Waals surface area contributed by atoms with E-state index in [2.05, 4.69) is 42.5 Å². The predicted octanol–water partition coefficient (Wildman–Crippen LogP) is -1.65. The maximum atomic E-state index is 6.63. The normalized spacial score (nSPS) is 58.9. The van der Waals surface area contributed by atoms with Crippen molar-refractivity contribution in [3.63, 3.8) is 0 Å². The van der Waals surface area contributed by atoms with Crippen molar-refractivity contribution in [1.82, 2.24) is 42.5 Å². The van der Waals surface area contributed by atoms with Crippen LogP contribution >= 0.6 is 0 Å². The molecule has 16 N–H and O–H groups in total. The van der Waals surface area contributed by atoms with E-state index in [1.54, 1.807) is 0 Å². The molecule has 5 saturated heterocycles. The molecule has 9 aliphatic rings. The first-order valence-electron chi connectivity index (χ1n) is 18.5. The van der Waals surface area contributed by atoms with E-state index in [0.29, 0.717) is 53.4 Å². The van der Waals surface area contributed by atoms with Crippen LogP contribution in [0.4, 0.5) is 0 Å². The average Bonchev–Trinajstić information content (AvgIpc) is 3.71. The molecule has 0 aromatic heterocycles. The second kappa shape index (κ2) is 12.7. The van der Waals surface area contributed by atoms with Crippen LogP contribution in [0.5, 0.6) is 0 Å². The van der Waals surface area contributed by atoms with Gasteiger partial charge in [0.15, 0.2) is 0 Å². The Balaban J connectivity index is 0.00000300. The van der Waals surface area contributed by atoms with E-state index in [1.165, 1.54) is 25.7 Å². The molecule has 0 aromatic rings. The zero-order valence-electron chi connectivity index (χ0n) is 26.7. The fourth-order valence-corrected chi connectivity index (χ4v) is 12.1. The Morgan fingerprint density at radius 1 is 0.267 bits per heavy atom. The first kappa shape index (κ1) is 32.3. The van der Waals surface area contributed by atoms with Gasteiger partial charge in [-0.15, -0.1) is 0 Å². The van der Waals surface area contributed by atoms with Gasteiger partial charge in [-0.25, -0.2) is 0 Å². The van der Waals surface area contributed by atoms with E-state index in [4.69, 9.17) is 22.9 Å². The molecule has 256 valence electrons. The summed E-state index contributed by atoms with van der Waals surface area (Å²) in [6.07, 6.45) is 15.5. The molecule has 13 heteroatoms. The fourth-order valence-electron chi connectivity index (χ4n) is 12.1. The van der Waals surface area contributed by atoms with Gasteiger partial charge in [0.2, 0.25) is 0 Å². The van der Waals surface area contributed by atoms with Gasteiger partial charge >= 0.3 is 0 Å². The first-order valence-corrected chi connectivity index (χ1v) is 18.5. The van der Waals surface area contributed by atoms with Gasteiger partial charge in [0, 0.05) is 41.2 Å². The number of fused-ring (bicyclic) bond motifs is 20. The molecule has 0 radical (unpaired) electrons. The van der Waals surface area contributed by atoms with E-state index in [-0.39, 0.29) is 84.5 Å². The van der Waals surface area contributed by atoms with Crippen molar-refractivity contribution in [1.29, 1.82) is 0 Å². The number of nitrogens with one attached hydrogen (secondary N) is 8. The Morgan fingerprint density at radius 3 is 0.644 bits per heavy atom. The third-order valence-corrected chi connectivity index (χ3v) is 14.3. The molecule has 0 amide bonds. The maximum absolute atomic E-state index is 6.63. The van der Waals surface area contributed by atoms with Crippen molar-refractivity contribution < 1.29 is 17.1 Å². The summed E-state index contributed by atoms with van der Waals surface area (Å²) in [4.78, 5) is 0. The summed E-state index contributed by atoms with van der Waals surface area (Å²) in [5, 5.41) is 33.1. The fraction of sp³-hybridized carbons (Fsp3) is 1.00. The predicted molar refractivity (Wildman–Crippen MR) is 171 cm³/mol. The van der Waals surface area contributed by atoms with Crippen molar-refractivity contribution in [2.75, 3.05) is 0 Å². The van der Waals surface area contributed by atoms with Gasteiger partial charge in [-0.2, -0.15) is 0 Å². The quantitative estimate of drug-likeness (QED) is 0.132. The van der Waals surface area contributed by atoms with Gasteiger partial charge < -0.3 is 22.9 Å². The van der Waals surface area contributed by atoms with Gasteiger partial charge in [0.1, 0.15) is 0 Å². The second-order valence-corrected chi connectivity index (χ2v) is 16.8. The molecule has 9 rings (SSSR count). The minimum absolute atomic E-state index is 0. The number of nitrogens with two attached hydrogens (primary N) is 4. The molecule has 5 aliphatic heterocycles. The van der Waals surface area contributed by atoms with Crippen LogP contribution in [-0.2, 0) is 17.1 Å². The molecule has 4 saturated carbocycles. The van der Waals surface area contributed by atoms with Crippen LogP contribution < -0.4 is 65.5 Å². The van der Waals surface area contributed by atoms with Crippen molar-refractivity contribution >= 4 is 0 Å². The Labute approximate surface area is 279 Å². The van der Waals surface area contributed by atoms with Crippen molar-refractivity contribution in [2.24, 2.45) is 70.3 Å². The monoisotopic (exact) mass is 668 g/mol. The van der Waals surface area contributed by atoms with Crippen LogP contribution in [0, 0.1) is 47.3 Å². The first-order chi connectivity index (χ1) is 21.4. The van der Waals surface area contributed by atoms with Crippen LogP contribution in [0.15, 0.2) is 0 Å². The molecular formula is C32H60FeN12. The van der Waals surface area contributed by atoms with Crippen LogP contribution in [0.3, 0.4) is 0 Å². The smallest absolute Gasteiger partial charge is 0.0629 e. The molecule has 20 atom stereocenters. The van der Waals surface area contributed by atoms with Crippen LogP contribution in [0.2, 0.25) is 0 Å². The molecule has 5 heterocycles. The summed E-state index contributed by atoms with van der Waals surface area (Å²) in [5.74, 6) is 4.37. The standard InChI is InChI=1S/C32H60N12.Fe/c33-13-1-5-17-21(9-13)29-38-25(17)37-26-18-6-2-15(35)11-23(18)31(39-26)44-32-24-12-16(36)4-8-20(24)28(43-32)42-30-22-10-14(34)3-7-19(22)27(40-29)41-30;/h13-32,37-44H,1-12,33-36H2;. The molecule has 12 nitrogen and oxygen atoms in total. The molecule has 45 heavy (non-hydrogen) atoms. The Bertz CT molecular complexity index is 1060. The summed E-state index contributed by atoms with van der Waals surface area (Å²) in [6, 6.07) is 1.16. The Kier molecular flexibility index (Phi) is 9.13. The molecule has 20 unspecified atom stereocenters. The molecule has 4 aliphatic carbocycles. The largest absolute Gasteiger partial charge is 0.328 e. The third kappa shape index (κ3) is 5.78. The SMILES string of the molecule is NC1CCC2C3NC4NC(NC5NC(NC6NC(NC(N3)C2C1)C1CCC(N)CC61)C1CCC(N)CC51)C1CC(N)CCC41.[Fe]. The number of hydrogen-bond acceptors (Lipinski definition) is 12. The van der Waals surface area contributed by atoms with Crippen LogP contribution in [0.25, 0.3) is 0 Å². The zero-order chi connectivity index (χ0) is 29.7. The van der Waals surface area contributed by atoms with E-state index < -0.39 is 0 Å². The van der Waals surface area contributed by atoms with Gasteiger partial charge in [-0.1, -0.05) is 0 Å². The van der Waals surface area contributed by atoms with Crippen molar-refractivity contribution in [3.8, 4) is 0 Å². The minimum atomic E-state index is 0. The Hall–Kier alpha value is 0.0395. The van der Waals surface area contributed by atoms with Crippen LogP contribution in [-0.4, -0.2) is 73.5 Å². The van der Waals surface area contributed by atoms with E-state index >= 15 is 0 Å². The second-order valence-electron chi connectivity index (χ2n) is 16.8. The van der Waals surface area contributed by atoms with E-state index in [9.17, 15) is 0 Å². The summed E-state index contributed by atoms with van der Waals surface area (Å²) in [6.45, 7) is 0. The zero-order valence-corrected chi connectivity index (χ0v) is 27.8. The van der Waals surface area contributed by atoms with Gasteiger partial charge in [0.25, 0.3) is 0 Å². The Morgan fingerprint density at radius 2 is 0.444 bits per heavy atom. The number of rotatable bonds is 0. The van der Waals surface area contributed by atoms with Crippen molar-refractivity contribution in [3.05, 3.63) is 0 Å². The molecule has 8 bridgehead atoms. The number of hydrogen-bond donors (Lipinski definition) is 12.